The zero-order chi connectivity index (χ0) is 18.7. The van der Waals surface area contributed by atoms with E-state index in [9.17, 15) is 4.79 Å². The summed E-state index contributed by atoms with van der Waals surface area (Å²) < 4.78 is 11.0. The quantitative estimate of drug-likeness (QED) is 0.247. The van der Waals surface area contributed by atoms with Crippen molar-refractivity contribution in [1.29, 1.82) is 0 Å². The van der Waals surface area contributed by atoms with Gasteiger partial charge in [0.15, 0.2) is 5.96 Å². The lowest BCUT2D eigenvalue weighted by Gasteiger charge is -2.18. The first-order valence-electron chi connectivity index (χ1n) is 8.10. The highest BCUT2D eigenvalue weighted by Crippen LogP contribution is 2.19. The number of ether oxygens (including phenoxy) is 2. The summed E-state index contributed by atoms with van der Waals surface area (Å²) in [5, 5.41) is 6.24. The second-order valence-electron chi connectivity index (χ2n) is 5.61. The third-order valence-electron chi connectivity index (χ3n) is 3.22. The number of halogens is 1. The van der Waals surface area contributed by atoms with E-state index in [0.717, 1.165) is 11.5 Å². The van der Waals surface area contributed by atoms with Crippen LogP contribution in [0.15, 0.2) is 41.9 Å². The maximum atomic E-state index is 11.7. The molecular formula is C18H29IN4O3. The zero-order valence-electron chi connectivity index (χ0n) is 15.8. The van der Waals surface area contributed by atoms with Crippen LogP contribution in [0.3, 0.4) is 0 Å². The maximum absolute atomic E-state index is 11.7. The van der Waals surface area contributed by atoms with Gasteiger partial charge in [0.2, 0.25) is 5.91 Å². The number of carbonyl (C=O) groups excluding carboxylic acids is 1. The van der Waals surface area contributed by atoms with Crippen LogP contribution in [0, 0.1) is 0 Å². The Morgan fingerprint density at radius 2 is 2.04 bits per heavy atom. The van der Waals surface area contributed by atoms with Crippen LogP contribution < -0.4 is 20.1 Å². The van der Waals surface area contributed by atoms with Gasteiger partial charge in [-0.05, 0) is 19.1 Å². The van der Waals surface area contributed by atoms with E-state index >= 15 is 0 Å². The molecule has 0 saturated carbocycles. The van der Waals surface area contributed by atoms with Gasteiger partial charge >= 0.3 is 0 Å². The summed E-state index contributed by atoms with van der Waals surface area (Å²) in [6, 6.07) is 7.44. The first kappa shape index (κ1) is 24.0. The van der Waals surface area contributed by atoms with Gasteiger partial charge in [-0.2, -0.15) is 0 Å². The number of nitrogens with one attached hydrogen (secondary N) is 2. The fraction of sp³-hybridized carbons (Fsp3) is 0.444. The Morgan fingerprint density at radius 3 is 2.65 bits per heavy atom. The zero-order valence-corrected chi connectivity index (χ0v) is 18.2. The number of aliphatic imine (C=N–C) groups is 1. The van der Waals surface area contributed by atoms with Crippen LogP contribution in [0.5, 0.6) is 11.5 Å². The van der Waals surface area contributed by atoms with E-state index in [1.807, 2.05) is 31.2 Å². The lowest BCUT2D eigenvalue weighted by atomic mass is 10.3. The van der Waals surface area contributed by atoms with Crippen molar-refractivity contribution in [3.8, 4) is 11.5 Å². The highest BCUT2D eigenvalue weighted by Gasteiger charge is 2.08. The molecule has 146 valence electrons. The average molecular weight is 476 g/mol. The Labute approximate surface area is 172 Å². The predicted octanol–water partition coefficient (Wildman–Crippen LogP) is 1.89. The van der Waals surface area contributed by atoms with Crippen LogP contribution in [0.25, 0.3) is 0 Å². The molecule has 0 heterocycles. The van der Waals surface area contributed by atoms with Crippen molar-refractivity contribution in [3.63, 3.8) is 0 Å². The number of nitrogens with zero attached hydrogens (tertiary/aromatic N) is 2. The Morgan fingerprint density at radius 1 is 1.35 bits per heavy atom. The van der Waals surface area contributed by atoms with E-state index in [1.165, 1.54) is 4.90 Å². The van der Waals surface area contributed by atoms with E-state index in [4.69, 9.17) is 9.47 Å². The molecule has 1 amide bonds. The monoisotopic (exact) mass is 476 g/mol. The number of hydrogen-bond acceptors (Lipinski definition) is 4. The second kappa shape index (κ2) is 13.3. The van der Waals surface area contributed by atoms with Crippen molar-refractivity contribution in [2.75, 3.05) is 40.8 Å². The van der Waals surface area contributed by atoms with Crippen LogP contribution in [-0.2, 0) is 4.79 Å². The molecule has 0 aliphatic carbocycles. The average Bonchev–Trinajstić information content (AvgIpc) is 2.60. The summed E-state index contributed by atoms with van der Waals surface area (Å²) in [6.07, 6.45) is 1.62. The number of guanidine groups is 1. The van der Waals surface area contributed by atoms with Gasteiger partial charge in [-0.1, -0.05) is 12.1 Å². The molecule has 0 spiro atoms. The Balaban J connectivity index is 0.00000625. The molecule has 0 aliphatic heterocycles. The molecule has 1 aromatic rings. The van der Waals surface area contributed by atoms with Crippen molar-refractivity contribution in [1.82, 2.24) is 15.5 Å². The lowest BCUT2D eigenvalue weighted by Crippen LogP contribution is -2.42. The molecule has 1 unspecified atom stereocenters. The Hall–Kier alpha value is -1.97. The first-order chi connectivity index (χ1) is 12.0. The number of rotatable bonds is 9. The number of benzene rings is 1. The van der Waals surface area contributed by atoms with Crippen molar-refractivity contribution in [3.05, 3.63) is 36.9 Å². The van der Waals surface area contributed by atoms with Gasteiger partial charge in [-0.15, -0.1) is 30.6 Å². The van der Waals surface area contributed by atoms with Gasteiger partial charge in [-0.25, -0.2) is 4.99 Å². The fourth-order valence-corrected chi connectivity index (χ4v) is 1.82. The SMILES string of the molecule is C=CCNC(=NCC(=O)N(C)C)NCC(C)Oc1cccc(OC)c1.I. The third-order valence-corrected chi connectivity index (χ3v) is 3.22. The topological polar surface area (TPSA) is 75.2 Å². The number of amides is 1. The minimum atomic E-state index is -0.104. The molecule has 7 nitrogen and oxygen atoms in total. The second-order valence-corrected chi connectivity index (χ2v) is 5.61. The molecule has 0 fully saturated rings. The summed E-state index contributed by atoms with van der Waals surface area (Å²) >= 11 is 0. The molecule has 2 N–H and O–H groups in total. The Bertz CT molecular complexity index is 594. The van der Waals surface area contributed by atoms with E-state index in [1.54, 1.807) is 27.3 Å². The molecule has 1 atom stereocenters. The summed E-state index contributed by atoms with van der Waals surface area (Å²) in [7, 11) is 5.02. The van der Waals surface area contributed by atoms with Crippen LogP contribution in [0.4, 0.5) is 0 Å². The molecule has 26 heavy (non-hydrogen) atoms. The number of hydrogen-bond donors (Lipinski definition) is 2. The van der Waals surface area contributed by atoms with E-state index < -0.39 is 0 Å². The minimum Gasteiger partial charge on any atom is -0.497 e. The van der Waals surface area contributed by atoms with Gasteiger partial charge in [0.05, 0.1) is 13.7 Å². The molecule has 0 aliphatic rings. The highest BCUT2D eigenvalue weighted by atomic mass is 127. The predicted molar refractivity (Wildman–Crippen MR) is 116 cm³/mol. The fourth-order valence-electron chi connectivity index (χ4n) is 1.82. The molecule has 1 aromatic carbocycles. The smallest absolute Gasteiger partial charge is 0.243 e. The largest absolute Gasteiger partial charge is 0.497 e. The van der Waals surface area contributed by atoms with Crippen molar-refractivity contribution >= 4 is 35.8 Å². The summed E-state index contributed by atoms with van der Waals surface area (Å²) in [5.74, 6) is 1.94. The third kappa shape index (κ3) is 9.50. The molecule has 0 bridgehead atoms. The normalized spacial score (nSPS) is 11.6. The van der Waals surface area contributed by atoms with Gasteiger partial charge < -0.3 is 25.0 Å². The van der Waals surface area contributed by atoms with Crippen molar-refractivity contribution in [2.45, 2.75) is 13.0 Å². The van der Waals surface area contributed by atoms with Crippen LogP contribution in [0.1, 0.15) is 6.92 Å². The first-order valence-corrected chi connectivity index (χ1v) is 8.10. The maximum Gasteiger partial charge on any atom is 0.243 e. The van der Waals surface area contributed by atoms with E-state index in [-0.39, 0.29) is 42.5 Å². The van der Waals surface area contributed by atoms with Gasteiger partial charge in [-0.3, -0.25) is 4.79 Å². The highest BCUT2D eigenvalue weighted by molar-refractivity contribution is 14.0. The summed E-state index contributed by atoms with van der Waals surface area (Å²) in [4.78, 5) is 17.4. The van der Waals surface area contributed by atoms with E-state index in [0.29, 0.717) is 19.0 Å². The van der Waals surface area contributed by atoms with Crippen LogP contribution in [0.2, 0.25) is 0 Å². The minimum absolute atomic E-state index is 0. The van der Waals surface area contributed by atoms with E-state index in [2.05, 4.69) is 22.2 Å². The molecule has 1 rings (SSSR count). The number of methoxy groups -OCH3 is 1. The van der Waals surface area contributed by atoms with Crippen molar-refractivity contribution in [2.24, 2.45) is 4.99 Å². The molecule has 0 saturated heterocycles. The molecule has 8 heteroatoms. The van der Waals surface area contributed by atoms with Crippen LogP contribution >= 0.6 is 24.0 Å². The summed E-state index contributed by atoms with van der Waals surface area (Å²) in [5.41, 5.74) is 0. The standard InChI is InChI=1S/C18H28N4O3.HI/c1-6-10-19-18(21-13-17(23)22(3)4)20-12-14(2)25-16-9-7-8-15(11-16)24-5;/h6-9,11,14H,1,10,12-13H2,2-5H3,(H2,19,20,21);1H. The van der Waals surface area contributed by atoms with Crippen LogP contribution in [-0.4, -0.2) is 63.7 Å². The lowest BCUT2D eigenvalue weighted by molar-refractivity contribution is -0.127. The molecule has 0 radical (unpaired) electrons. The van der Waals surface area contributed by atoms with Gasteiger partial charge in [0.25, 0.3) is 0 Å². The Kier molecular flexibility index (Phi) is 12.3. The molecular weight excluding hydrogens is 447 g/mol. The van der Waals surface area contributed by atoms with Crippen molar-refractivity contribution < 1.29 is 14.3 Å². The number of carbonyl (C=O) groups is 1. The summed E-state index contributed by atoms with van der Waals surface area (Å²) in [6.45, 7) is 6.76. The van der Waals surface area contributed by atoms with Gasteiger partial charge in [0.1, 0.15) is 24.1 Å². The molecule has 0 aromatic heterocycles. The van der Waals surface area contributed by atoms with Gasteiger partial charge in [0, 0.05) is 26.7 Å². The number of likely N-dealkylation sites (N-methyl/N-ethyl adjacent to an activating group) is 1.